The summed E-state index contributed by atoms with van der Waals surface area (Å²) in [6.45, 7) is 4.17. The Bertz CT molecular complexity index is 260. The van der Waals surface area contributed by atoms with Crippen molar-refractivity contribution in [2.75, 3.05) is 0 Å². The molecule has 0 heterocycles. The Morgan fingerprint density at radius 3 is 2.50 bits per heavy atom. The van der Waals surface area contributed by atoms with Gasteiger partial charge in [-0.05, 0) is 25.0 Å². The van der Waals surface area contributed by atoms with E-state index >= 15 is 0 Å². The lowest BCUT2D eigenvalue weighted by atomic mass is 10.1. The molecule has 0 saturated carbocycles. The highest BCUT2D eigenvalue weighted by Gasteiger charge is 2.07. The van der Waals surface area contributed by atoms with Gasteiger partial charge in [0.1, 0.15) is 5.75 Å². The third-order valence-electron chi connectivity index (χ3n) is 2.10. The number of rotatable bonds is 6. The van der Waals surface area contributed by atoms with E-state index in [2.05, 4.69) is 6.92 Å². The molecule has 0 N–H and O–H groups in total. The summed E-state index contributed by atoms with van der Waals surface area (Å²) < 4.78 is 13.7. The largest absolute Gasteiger partial charge is 0.490 e. The summed E-state index contributed by atoms with van der Waals surface area (Å²) >= 11 is 0. The maximum absolute atomic E-state index is 7.91. The second-order valence-electron chi connectivity index (χ2n) is 3.40. The maximum Gasteiger partial charge on any atom is 0.119 e. The molecule has 1 nitrogen and oxygen atoms in total. The minimum Gasteiger partial charge on any atom is -0.490 e. The van der Waals surface area contributed by atoms with Crippen molar-refractivity contribution in [1.29, 1.82) is 0 Å². The Hall–Kier alpha value is -0.980. The van der Waals surface area contributed by atoms with Gasteiger partial charge >= 0.3 is 0 Å². The van der Waals surface area contributed by atoms with Crippen LogP contribution in [0.15, 0.2) is 30.3 Å². The van der Waals surface area contributed by atoms with E-state index < -0.39 is 0 Å². The molecule has 0 aliphatic carbocycles. The predicted molar refractivity (Wildman–Crippen MR) is 60.7 cm³/mol. The molecule has 0 aliphatic heterocycles. The van der Waals surface area contributed by atoms with Crippen LogP contribution in [-0.2, 0) is 0 Å². The molecule has 14 heavy (non-hydrogen) atoms. The van der Waals surface area contributed by atoms with E-state index in [-0.39, 0.29) is 12.5 Å². The van der Waals surface area contributed by atoms with Crippen molar-refractivity contribution in [1.82, 2.24) is 0 Å². The van der Waals surface area contributed by atoms with E-state index in [1.54, 1.807) is 0 Å². The van der Waals surface area contributed by atoms with Gasteiger partial charge in [0.15, 0.2) is 0 Å². The summed E-state index contributed by atoms with van der Waals surface area (Å²) in [6.07, 6.45) is 2.77. The van der Waals surface area contributed by atoms with Crippen molar-refractivity contribution in [3.05, 3.63) is 30.3 Å². The van der Waals surface area contributed by atoms with Gasteiger partial charge in [0, 0.05) is 1.37 Å². The van der Waals surface area contributed by atoms with Crippen LogP contribution in [0.2, 0.25) is 0 Å². The Morgan fingerprint density at radius 1 is 1.21 bits per heavy atom. The zero-order chi connectivity index (χ0) is 11.1. The van der Waals surface area contributed by atoms with Crippen molar-refractivity contribution >= 4 is 0 Å². The van der Waals surface area contributed by atoms with Gasteiger partial charge in [-0.2, -0.15) is 0 Å². The Balaban J connectivity index is 2.58. The molecule has 0 bridgehead atoms. The number of hydrogen-bond acceptors (Lipinski definition) is 1. The molecular weight excluding hydrogens is 172 g/mol. The fraction of sp³-hybridized carbons (Fsp3) is 0.538. The lowest BCUT2D eigenvalue weighted by Crippen LogP contribution is -2.15. The topological polar surface area (TPSA) is 9.23 Å². The molecule has 1 aromatic rings. The van der Waals surface area contributed by atoms with Crippen LogP contribution in [0.25, 0.3) is 0 Å². The fourth-order valence-corrected chi connectivity index (χ4v) is 1.45. The smallest absolute Gasteiger partial charge is 0.119 e. The highest BCUT2D eigenvalue weighted by atomic mass is 16.5. The minimum absolute atomic E-state index is 0.0300. The summed E-state index contributed by atoms with van der Waals surface area (Å²) in [5.41, 5.74) is 0. The van der Waals surface area contributed by atoms with Crippen LogP contribution in [-0.4, -0.2) is 6.10 Å². The number of para-hydroxylation sites is 1. The van der Waals surface area contributed by atoms with Crippen LogP contribution in [0.3, 0.4) is 0 Å². The summed E-state index contributed by atoms with van der Waals surface area (Å²) in [6, 6.07) is 9.79. The van der Waals surface area contributed by atoms with Gasteiger partial charge in [-0.15, -0.1) is 0 Å². The second-order valence-corrected chi connectivity index (χ2v) is 3.40. The Labute approximate surface area is 88.5 Å². The van der Waals surface area contributed by atoms with Gasteiger partial charge in [0.05, 0.1) is 6.10 Å². The normalized spacial score (nSPS) is 15.7. The molecule has 0 spiro atoms. The molecule has 78 valence electrons. The molecule has 2 atom stereocenters. The van der Waals surface area contributed by atoms with Gasteiger partial charge in [-0.3, -0.25) is 0 Å². The van der Waals surface area contributed by atoms with Crippen LogP contribution in [0.4, 0.5) is 0 Å². The van der Waals surface area contributed by atoms with Crippen molar-refractivity contribution in [2.24, 2.45) is 0 Å². The van der Waals surface area contributed by atoms with Gasteiger partial charge in [0.2, 0.25) is 0 Å². The first-order valence-corrected chi connectivity index (χ1v) is 5.41. The number of hydrogen-bond donors (Lipinski definition) is 0. The second kappa shape index (κ2) is 6.47. The SMILES string of the molecule is [2H][C@@H](CC)[C@@H](CCC)Oc1ccccc1. The molecule has 0 fully saturated rings. The van der Waals surface area contributed by atoms with Crippen molar-refractivity contribution in [3.8, 4) is 5.75 Å². The molecule has 0 saturated heterocycles. The average molecular weight is 193 g/mol. The number of benzene rings is 1. The van der Waals surface area contributed by atoms with Crippen LogP contribution in [0.5, 0.6) is 5.75 Å². The van der Waals surface area contributed by atoms with Crippen LogP contribution in [0, 0.1) is 0 Å². The fourth-order valence-electron chi connectivity index (χ4n) is 1.45. The quantitative estimate of drug-likeness (QED) is 0.662. The molecule has 0 amide bonds. The molecule has 0 aromatic heterocycles. The summed E-state index contributed by atoms with van der Waals surface area (Å²) in [5, 5.41) is 0. The van der Waals surface area contributed by atoms with Crippen molar-refractivity contribution in [2.45, 2.75) is 45.6 Å². The van der Waals surface area contributed by atoms with E-state index in [1.807, 2.05) is 37.3 Å². The van der Waals surface area contributed by atoms with E-state index in [0.29, 0.717) is 0 Å². The minimum atomic E-state index is -0.120. The first kappa shape index (κ1) is 9.57. The third kappa shape index (κ3) is 3.82. The monoisotopic (exact) mass is 193 g/mol. The average Bonchev–Trinajstić information content (AvgIpc) is 2.29. The first-order chi connectivity index (χ1) is 7.27. The van der Waals surface area contributed by atoms with E-state index in [9.17, 15) is 0 Å². The van der Waals surface area contributed by atoms with Gasteiger partial charge in [-0.25, -0.2) is 0 Å². The van der Waals surface area contributed by atoms with Crippen molar-refractivity contribution < 1.29 is 6.11 Å². The summed E-state index contributed by atoms with van der Waals surface area (Å²) in [4.78, 5) is 0. The molecule has 0 aliphatic rings. The summed E-state index contributed by atoms with van der Waals surface area (Å²) in [7, 11) is 0. The van der Waals surface area contributed by atoms with Crippen LogP contribution in [0.1, 0.15) is 40.9 Å². The molecule has 0 radical (unpaired) electrons. The molecule has 1 rings (SSSR count). The van der Waals surface area contributed by atoms with E-state index in [0.717, 1.165) is 25.0 Å². The molecular formula is C13H20O. The van der Waals surface area contributed by atoms with Gasteiger partial charge in [-0.1, -0.05) is 44.9 Å². The highest BCUT2D eigenvalue weighted by Crippen LogP contribution is 2.16. The lowest BCUT2D eigenvalue weighted by molar-refractivity contribution is 0.179. The molecule has 1 heteroatoms. The molecule has 0 unspecified atom stereocenters. The van der Waals surface area contributed by atoms with Crippen molar-refractivity contribution in [3.63, 3.8) is 0 Å². The zero-order valence-corrected chi connectivity index (χ0v) is 9.07. The third-order valence-corrected chi connectivity index (χ3v) is 2.10. The Kier molecular flexibility index (Phi) is 4.42. The van der Waals surface area contributed by atoms with Gasteiger partial charge in [0.25, 0.3) is 0 Å². The van der Waals surface area contributed by atoms with Gasteiger partial charge < -0.3 is 4.74 Å². The summed E-state index contributed by atoms with van der Waals surface area (Å²) in [5.74, 6) is 0.877. The highest BCUT2D eigenvalue weighted by molar-refractivity contribution is 5.21. The zero-order valence-electron chi connectivity index (χ0n) is 10.1. The number of ether oxygens (including phenoxy) is 1. The standard InChI is InChI=1S/C13H20O/c1-3-8-12(9-4-2)14-13-10-6-5-7-11-13/h5-7,10-12H,3-4,8-9H2,1-2H3/i8D/t8-,12-/m0/s1. The molecule has 1 aromatic carbocycles. The Morgan fingerprint density at radius 2 is 1.93 bits per heavy atom. The van der Waals surface area contributed by atoms with Crippen LogP contribution >= 0.6 is 0 Å². The van der Waals surface area contributed by atoms with Crippen LogP contribution < -0.4 is 4.74 Å². The van der Waals surface area contributed by atoms with E-state index in [1.165, 1.54) is 0 Å². The first-order valence-electron chi connectivity index (χ1n) is 5.99. The predicted octanol–water partition coefficient (Wildman–Crippen LogP) is 4.03. The maximum atomic E-state index is 7.91. The lowest BCUT2D eigenvalue weighted by Gasteiger charge is -2.17. The van der Waals surface area contributed by atoms with E-state index in [4.69, 9.17) is 6.11 Å².